The predicted molar refractivity (Wildman–Crippen MR) is 124 cm³/mol. The quantitative estimate of drug-likeness (QED) is 0.617. The normalized spacial score (nSPS) is 12.4. The molecule has 0 radical (unpaired) electrons. The van der Waals surface area contributed by atoms with E-state index in [2.05, 4.69) is 50.4 Å². The van der Waals surface area contributed by atoms with Gasteiger partial charge in [-0.3, -0.25) is 9.59 Å². The minimum absolute atomic E-state index is 0.0860. The van der Waals surface area contributed by atoms with Crippen LogP contribution >= 0.6 is 23.2 Å². The maximum absolute atomic E-state index is 13.0. The summed E-state index contributed by atoms with van der Waals surface area (Å²) in [7, 11) is 1.57. The number of rotatable bonds is 7. The van der Waals surface area contributed by atoms with Gasteiger partial charge in [0.05, 0.1) is 10.0 Å². The summed E-state index contributed by atoms with van der Waals surface area (Å²) in [4.78, 5) is 26.9. The standard InChI is InChI=1S/C24H30Cl2N2O2/c1-16(23(30)27-5)28(15-18-8-12-20(25)21(26)14-18)22(29)13-9-17-6-10-19(11-7-17)24(2,3)4/h6-8,10-12,14,16H,9,13,15H2,1-5H3,(H,27,30)/t16-/m0/s1. The lowest BCUT2D eigenvalue weighted by Gasteiger charge is -2.28. The Morgan fingerprint density at radius 1 is 1.00 bits per heavy atom. The third-order valence-corrected chi connectivity index (χ3v) is 5.94. The lowest BCUT2D eigenvalue weighted by molar-refractivity contribution is -0.140. The van der Waals surface area contributed by atoms with Gasteiger partial charge in [-0.15, -0.1) is 0 Å². The van der Waals surface area contributed by atoms with Crippen LogP contribution in [0, 0.1) is 0 Å². The number of carbonyl (C=O) groups excluding carboxylic acids is 2. The smallest absolute Gasteiger partial charge is 0.242 e. The molecule has 0 heterocycles. The van der Waals surface area contributed by atoms with E-state index in [4.69, 9.17) is 23.2 Å². The van der Waals surface area contributed by atoms with Crippen molar-refractivity contribution in [2.45, 2.75) is 58.5 Å². The van der Waals surface area contributed by atoms with Crippen LogP contribution in [-0.4, -0.2) is 29.8 Å². The fraction of sp³-hybridized carbons (Fsp3) is 0.417. The van der Waals surface area contributed by atoms with Gasteiger partial charge in [-0.1, -0.05) is 74.3 Å². The predicted octanol–water partition coefficient (Wildman–Crippen LogP) is 5.39. The van der Waals surface area contributed by atoms with Gasteiger partial charge in [0.15, 0.2) is 0 Å². The highest BCUT2D eigenvalue weighted by Gasteiger charge is 2.25. The molecule has 2 aromatic carbocycles. The molecular formula is C24H30Cl2N2O2. The topological polar surface area (TPSA) is 49.4 Å². The summed E-state index contributed by atoms with van der Waals surface area (Å²) >= 11 is 12.1. The molecule has 162 valence electrons. The summed E-state index contributed by atoms with van der Waals surface area (Å²) in [5.41, 5.74) is 3.27. The van der Waals surface area contributed by atoms with Crippen LogP contribution in [0.5, 0.6) is 0 Å². The number of nitrogens with one attached hydrogen (secondary N) is 1. The number of hydrogen-bond donors (Lipinski definition) is 1. The first-order valence-corrected chi connectivity index (χ1v) is 10.8. The molecule has 2 rings (SSSR count). The van der Waals surface area contributed by atoms with Crippen molar-refractivity contribution in [1.82, 2.24) is 10.2 Å². The van der Waals surface area contributed by atoms with E-state index in [1.807, 2.05) is 6.07 Å². The number of nitrogens with zero attached hydrogens (tertiary/aromatic N) is 1. The minimum atomic E-state index is -0.597. The number of halogens is 2. The SMILES string of the molecule is CNC(=O)[C@H](C)N(Cc1ccc(Cl)c(Cl)c1)C(=O)CCc1ccc(C(C)(C)C)cc1. The molecule has 0 aliphatic rings. The molecule has 2 amide bonds. The number of amides is 2. The Morgan fingerprint density at radius 2 is 1.60 bits per heavy atom. The van der Waals surface area contributed by atoms with Crippen LogP contribution in [0.1, 0.15) is 50.8 Å². The number of carbonyl (C=O) groups is 2. The molecule has 0 unspecified atom stereocenters. The first-order valence-electron chi connectivity index (χ1n) is 10.1. The fourth-order valence-corrected chi connectivity index (χ4v) is 3.51. The molecule has 0 spiro atoms. The second-order valence-electron chi connectivity index (χ2n) is 8.51. The summed E-state index contributed by atoms with van der Waals surface area (Å²) < 4.78 is 0. The van der Waals surface area contributed by atoms with E-state index >= 15 is 0 Å². The van der Waals surface area contributed by atoms with E-state index in [9.17, 15) is 9.59 Å². The molecule has 0 aliphatic carbocycles. The number of aryl methyl sites for hydroxylation is 1. The van der Waals surface area contributed by atoms with Crippen molar-refractivity contribution in [3.05, 3.63) is 69.2 Å². The van der Waals surface area contributed by atoms with Crippen LogP contribution in [0.4, 0.5) is 0 Å². The minimum Gasteiger partial charge on any atom is -0.357 e. The largest absolute Gasteiger partial charge is 0.357 e. The van der Waals surface area contributed by atoms with Crippen molar-refractivity contribution in [2.24, 2.45) is 0 Å². The molecule has 6 heteroatoms. The summed E-state index contributed by atoms with van der Waals surface area (Å²) in [6.07, 6.45) is 0.930. The van der Waals surface area contributed by atoms with E-state index in [0.717, 1.165) is 11.1 Å². The highest BCUT2D eigenvalue weighted by molar-refractivity contribution is 6.42. The van der Waals surface area contributed by atoms with Crippen molar-refractivity contribution < 1.29 is 9.59 Å². The third-order valence-electron chi connectivity index (χ3n) is 5.20. The van der Waals surface area contributed by atoms with Crippen LogP contribution in [0.3, 0.4) is 0 Å². The number of benzene rings is 2. The van der Waals surface area contributed by atoms with E-state index in [0.29, 0.717) is 22.9 Å². The van der Waals surface area contributed by atoms with Crippen LogP contribution in [0.15, 0.2) is 42.5 Å². The summed E-state index contributed by atoms with van der Waals surface area (Å²) in [5, 5.41) is 3.50. The Hall–Kier alpha value is -2.04. The van der Waals surface area contributed by atoms with Crippen LogP contribution in [-0.2, 0) is 28.0 Å². The van der Waals surface area contributed by atoms with Crippen molar-refractivity contribution in [2.75, 3.05) is 7.05 Å². The maximum Gasteiger partial charge on any atom is 0.242 e. The van der Waals surface area contributed by atoms with Gasteiger partial charge < -0.3 is 10.2 Å². The molecule has 30 heavy (non-hydrogen) atoms. The second-order valence-corrected chi connectivity index (χ2v) is 9.32. The zero-order valence-corrected chi connectivity index (χ0v) is 19.8. The van der Waals surface area contributed by atoms with Gasteiger partial charge in [-0.05, 0) is 47.6 Å². The fourth-order valence-electron chi connectivity index (χ4n) is 3.19. The lowest BCUT2D eigenvalue weighted by atomic mass is 9.86. The number of hydrogen-bond acceptors (Lipinski definition) is 2. The molecule has 1 atom stereocenters. The molecule has 2 aromatic rings. The average molecular weight is 449 g/mol. The highest BCUT2D eigenvalue weighted by Crippen LogP contribution is 2.25. The Morgan fingerprint density at radius 3 is 2.13 bits per heavy atom. The van der Waals surface area contributed by atoms with E-state index in [1.54, 1.807) is 31.0 Å². The molecule has 0 fully saturated rings. The Bertz CT molecular complexity index is 889. The van der Waals surface area contributed by atoms with Crippen molar-refractivity contribution in [1.29, 1.82) is 0 Å². The highest BCUT2D eigenvalue weighted by atomic mass is 35.5. The van der Waals surface area contributed by atoms with Crippen LogP contribution < -0.4 is 5.32 Å². The summed E-state index contributed by atoms with van der Waals surface area (Å²) in [5.74, 6) is -0.296. The van der Waals surface area contributed by atoms with Crippen molar-refractivity contribution in [3.63, 3.8) is 0 Å². The first-order chi connectivity index (χ1) is 14.0. The molecule has 0 aliphatic heterocycles. The summed E-state index contributed by atoms with van der Waals surface area (Å²) in [6.45, 7) is 8.53. The van der Waals surface area contributed by atoms with Crippen molar-refractivity contribution in [3.8, 4) is 0 Å². The maximum atomic E-state index is 13.0. The van der Waals surface area contributed by atoms with E-state index in [-0.39, 0.29) is 23.8 Å². The van der Waals surface area contributed by atoms with Gasteiger partial charge in [0.2, 0.25) is 11.8 Å². The summed E-state index contributed by atoms with van der Waals surface area (Å²) in [6, 6.07) is 13.0. The molecular weight excluding hydrogens is 419 g/mol. The second kappa shape index (κ2) is 10.3. The monoisotopic (exact) mass is 448 g/mol. The van der Waals surface area contributed by atoms with Gasteiger partial charge >= 0.3 is 0 Å². The Balaban J connectivity index is 2.13. The van der Waals surface area contributed by atoms with Crippen molar-refractivity contribution >= 4 is 35.0 Å². The molecule has 0 bridgehead atoms. The van der Waals surface area contributed by atoms with Gasteiger partial charge in [0.25, 0.3) is 0 Å². The van der Waals surface area contributed by atoms with E-state index in [1.165, 1.54) is 5.56 Å². The lowest BCUT2D eigenvalue weighted by Crippen LogP contribution is -2.46. The van der Waals surface area contributed by atoms with Gasteiger partial charge in [0.1, 0.15) is 6.04 Å². The molecule has 4 nitrogen and oxygen atoms in total. The molecule has 0 saturated carbocycles. The Labute approximate surface area is 189 Å². The van der Waals surface area contributed by atoms with Crippen LogP contribution in [0.2, 0.25) is 10.0 Å². The van der Waals surface area contributed by atoms with Gasteiger partial charge in [-0.25, -0.2) is 0 Å². The van der Waals surface area contributed by atoms with E-state index < -0.39 is 6.04 Å². The van der Waals surface area contributed by atoms with Gasteiger partial charge in [-0.2, -0.15) is 0 Å². The Kier molecular flexibility index (Phi) is 8.34. The first kappa shape index (κ1) is 24.2. The zero-order chi connectivity index (χ0) is 22.5. The van der Waals surface area contributed by atoms with Gasteiger partial charge in [0, 0.05) is 20.0 Å². The average Bonchev–Trinajstić information content (AvgIpc) is 2.71. The molecule has 0 saturated heterocycles. The number of likely N-dealkylation sites (N-methyl/N-ethyl adjacent to an activating group) is 1. The molecule has 0 aromatic heterocycles. The zero-order valence-electron chi connectivity index (χ0n) is 18.3. The van der Waals surface area contributed by atoms with Crippen LogP contribution in [0.25, 0.3) is 0 Å². The molecule has 1 N–H and O–H groups in total. The third kappa shape index (κ3) is 6.48.